The summed E-state index contributed by atoms with van der Waals surface area (Å²) in [6.07, 6.45) is 0.615. The molecule has 1 aromatic rings. The Morgan fingerprint density at radius 2 is 2.17 bits per heavy atom. The highest BCUT2D eigenvalue weighted by molar-refractivity contribution is 5.92. The number of hydrogen-bond donors (Lipinski definition) is 2. The van der Waals surface area contributed by atoms with Crippen LogP contribution in [0.15, 0.2) is 18.2 Å². The first kappa shape index (κ1) is 18.6. The number of pyridine rings is 1. The largest absolute Gasteiger partial charge is 0.472 e. The van der Waals surface area contributed by atoms with Crippen LogP contribution in [0.25, 0.3) is 0 Å². The van der Waals surface area contributed by atoms with Gasteiger partial charge < -0.3 is 15.2 Å². The number of carbonyl (C=O) groups excluding carboxylic acids is 1. The first-order valence-corrected chi connectivity index (χ1v) is 8.08. The van der Waals surface area contributed by atoms with Crippen LogP contribution < -0.4 is 10.1 Å². The van der Waals surface area contributed by atoms with Gasteiger partial charge in [0, 0.05) is 12.6 Å². The molecule has 2 rings (SSSR count). The zero-order valence-electron chi connectivity index (χ0n) is 14.0. The molecule has 134 valence electrons. The predicted molar refractivity (Wildman–Crippen MR) is 85.3 cm³/mol. The number of rotatable bonds is 6. The van der Waals surface area contributed by atoms with Crippen LogP contribution in [0.5, 0.6) is 5.88 Å². The van der Waals surface area contributed by atoms with E-state index in [2.05, 4.69) is 24.1 Å². The molecule has 1 amide bonds. The van der Waals surface area contributed by atoms with Gasteiger partial charge in [-0.3, -0.25) is 4.79 Å². The minimum Gasteiger partial charge on any atom is -0.472 e. The number of nitrogens with one attached hydrogen (secondary N) is 1. The van der Waals surface area contributed by atoms with Crippen LogP contribution in [-0.2, 0) is 0 Å². The van der Waals surface area contributed by atoms with Gasteiger partial charge in [-0.2, -0.15) is 0 Å². The Labute approximate surface area is 140 Å². The second-order valence-corrected chi connectivity index (χ2v) is 7.16. The Bertz CT molecular complexity index is 581. The second-order valence-electron chi connectivity index (χ2n) is 7.16. The summed E-state index contributed by atoms with van der Waals surface area (Å²) in [5.41, 5.74) is -0.819. The van der Waals surface area contributed by atoms with Crippen LogP contribution >= 0.6 is 0 Å². The summed E-state index contributed by atoms with van der Waals surface area (Å²) in [7, 11) is 0. The number of amides is 1. The molecule has 1 aromatic heterocycles. The Balaban J connectivity index is 1.93. The fraction of sp³-hybridized carbons (Fsp3) is 0.647. The molecule has 1 unspecified atom stereocenters. The summed E-state index contributed by atoms with van der Waals surface area (Å²) in [6.45, 7) is 3.57. The van der Waals surface area contributed by atoms with Gasteiger partial charge in [-0.25, -0.2) is 13.8 Å². The molecular weight excluding hydrogens is 318 g/mol. The Morgan fingerprint density at radius 1 is 1.42 bits per heavy atom. The highest BCUT2D eigenvalue weighted by atomic mass is 19.3. The lowest BCUT2D eigenvalue weighted by atomic mass is 9.70. The lowest BCUT2D eigenvalue weighted by Gasteiger charge is -2.41. The number of aromatic nitrogens is 1. The average Bonchev–Trinajstić information content (AvgIpc) is 2.50. The second kappa shape index (κ2) is 7.42. The molecule has 1 heterocycles. The molecule has 0 saturated heterocycles. The molecule has 1 fully saturated rings. The summed E-state index contributed by atoms with van der Waals surface area (Å²) in [6, 6.07) is 4.40. The Morgan fingerprint density at radius 3 is 2.83 bits per heavy atom. The fourth-order valence-corrected chi connectivity index (χ4v) is 3.22. The molecule has 0 radical (unpaired) electrons. The van der Waals surface area contributed by atoms with E-state index in [9.17, 15) is 18.7 Å². The van der Waals surface area contributed by atoms with Gasteiger partial charge in [0.2, 0.25) is 5.88 Å². The van der Waals surface area contributed by atoms with Gasteiger partial charge in [0.05, 0.1) is 5.60 Å². The number of carbonyl (C=O) groups is 1. The highest BCUT2D eigenvalue weighted by Gasteiger charge is 2.38. The van der Waals surface area contributed by atoms with Crippen molar-refractivity contribution in [1.29, 1.82) is 0 Å². The van der Waals surface area contributed by atoms with Crippen molar-refractivity contribution >= 4 is 5.91 Å². The van der Waals surface area contributed by atoms with Crippen molar-refractivity contribution in [3.05, 3.63) is 23.9 Å². The summed E-state index contributed by atoms with van der Waals surface area (Å²) in [5, 5.41) is 13.3. The fourth-order valence-electron chi connectivity index (χ4n) is 3.22. The SMILES string of the molecule is CC1(C)CCCC(O)(CNC(=O)c2cccc(OCC(F)F)n2)C1. The molecular formula is C17H24F2N2O3. The van der Waals surface area contributed by atoms with E-state index >= 15 is 0 Å². The summed E-state index contributed by atoms with van der Waals surface area (Å²) in [4.78, 5) is 16.1. The first-order chi connectivity index (χ1) is 11.2. The van der Waals surface area contributed by atoms with Gasteiger partial charge in [-0.15, -0.1) is 0 Å². The van der Waals surface area contributed by atoms with E-state index in [1.54, 1.807) is 0 Å². The Kier molecular flexibility index (Phi) is 5.74. The third kappa shape index (κ3) is 5.40. The average molecular weight is 342 g/mol. The zero-order chi connectivity index (χ0) is 17.8. The third-order valence-corrected chi connectivity index (χ3v) is 4.19. The van der Waals surface area contributed by atoms with E-state index in [1.165, 1.54) is 18.2 Å². The van der Waals surface area contributed by atoms with Gasteiger partial charge in [-0.05, 0) is 37.2 Å². The number of ether oxygens (including phenoxy) is 1. The predicted octanol–water partition coefficient (Wildman–Crippen LogP) is 2.79. The van der Waals surface area contributed by atoms with Gasteiger partial charge >= 0.3 is 0 Å². The van der Waals surface area contributed by atoms with Crippen LogP contribution in [0.2, 0.25) is 0 Å². The van der Waals surface area contributed by atoms with E-state index < -0.39 is 24.5 Å². The highest BCUT2D eigenvalue weighted by Crippen LogP contribution is 2.40. The van der Waals surface area contributed by atoms with E-state index in [4.69, 9.17) is 4.74 Å². The summed E-state index contributed by atoms with van der Waals surface area (Å²) < 4.78 is 29.1. The van der Waals surface area contributed by atoms with Crippen molar-refractivity contribution in [2.24, 2.45) is 5.41 Å². The van der Waals surface area contributed by atoms with Crippen molar-refractivity contribution in [2.45, 2.75) is 51.6 Å². The van der Waals surface area contributed by atoms with Crippen molar-refractivity contribution < 1.29 is 23.4 Å². The van der Waals surface area contributed by atoms with Crippen LogP contribution in [0, 0.1) is 5.41 Å². The van der Waals surface area contributed by atoms with Crippen molar-refractivity contribution in [1.82, 2.24) is 10.3 Å². The topological polar surface area (TPSA) is 71.5 Å². The van der Waals surface area contributed by atoms with Crippen molar-refractivity contribution in [3.63, 3.8) is 0 Å². The molecule has 0 aromatic carbocycles. The molecule has 1 aliphatic rings. The van der Waals surface area contributed by atoms with Gasteiger partial charge in [0.1, 0.15) is 5.69 Å². The van der Waals surface area contributed by atoms with Crippen LogP contribution in [0.1, 0.15) is 50.0 Å². The molecule has 1 aliphatic carbocycles. The normalized spacial score (nSPS) is 23.1. The van der Waals surface area contributed by atoms with Gasteiger partial charge in [0.25, 0.3) is 12.3 Å². The lowest BCUT2D eigenvalue weighted by molar-refractivity contribution is -0.0362. The molecule has 1 atom stereocenters. The van der Waals surface area contributed by atoms with E-state index in [0.29, 0.717) is 12.8 Å². The zero-order valence-corrected chi connectivity index (χ0v) is 14.0. The molecule has 0 spiro atoms. The maximum atomic E-state index is 12.2. The molecule has 1 saturated carbocycles. The molecule has 0 aliphatic heterocycles. The Hall–Kier alpha value is -1.76. The van der Waals surface area contributed by atoms with Crippen molar-refractivity contribution in [3.8, 4) is 5.88 Å². The third-order valence-electron chi connectivity index (χ3n) is 4.19. The summed E-state index contributed by atoms with van der Waals surface area (Å²) >= 11 is 0. The lowest BCUT2D eigenvalue weighted by Crippen LogP contribution is -2.48. The molecule has 2 N–H and O–H groups in total. The quantitative estimate of drug-likeness (QED) is 0.834. The van der Waals surface area contributed by atoms with E-state index in [1.807, 2.05) is 0 Å². The maximum Gasteiger partial charge on any atom is 0.272 e. The van der Waals surface area contributed by atoms with Crippen LogP contribution in [-0.4, -0.2) is 41.2 Å². The minimum atomic E-state index is -2.60. The number of halogens is 2. The molecule has 5 nitrogen and oxygen atoms in total. The smallest absolute Gasteiger partial charge is 0.272 e. The minimum absolute atomic E-state index is 0.0274. The molecule has 0 bridgehead atoms. The van der Waals surface area contributed by atoms with E-state index in [-0.39, 0.29) is 23.5 Å². The monoisotopic (exact) mass is 342 g/mol. The molecule has 24 heavy (non-hydrogen) atoms. The van der Waals surface area contributed by atoms with E-state index in [0.717, 1.165) is 12.8 Å². The van der Waals surface area contributed by atoms with Crippen LogP contribution in [0.4, 0.5) is 8.78 Å². The number of alkyl halides is 2. The number of aliphatic hydroxyl groups is 1. The number of hydrogen-bond acceptors (Lipinski definition) is 4. The van der Waals surface area contributed by atoms with Crippen LogP contribution in [0.3, 0.4) is 0 Å². The van der Waals surface area contributed by atoms with Gasteiger partial charge in [0.15, 0.2) is 6.61 Å². The molecule has 7 heteroatoms. The standard InChI is InChI=1S/C17H24F2N2O3/c1-16(2)7-4-8-17(23,10-16)11-20-15(22)12-5-3-6-14(21-12)24-9-13(18)19/h3,5-6,13,23H,4,7-11H2,1-2H3,(H,20,22). The van der Waals surface area contributed by atoms with Gasteiger partial charge in [-0.1, -0.05) is 19.9 Å². The van der Waals surface area contributed by atoms with Crippen molar-refractivity contribution in [2.75, 3.05) is 13.2 Å². The maximum absolute atomic E-state index is 12.2. The summed E-state index contributed by atoms with van der Waals surface area (Å²) in [5.74, 6) is -0.491. The number of nitrogens with zero attached hydrogens (tertiary/aromatic N) is 1. The first-order valence-electron chi connectivity index (χ1n) is 8.08.